The van der Waals surface area contributed by atoms with Crippen LogP contribution in [0.2, 0.25) is 0 Å². The highest BCUT2D eigenvalue weighted by Crippen LogP contribution is 2.05. The molecular formula is C12H25N5O3. The lowest BCUT2D eigenvalue weighted by molar-refractivity contribution is -0.142. The van der Waals surface area contributed by atoms with E-state index in [0.29, 0.717) is 25.8 Å². The first kappa shape index (κ1) is 18.2. The lowest BCUT2D eigenvalue weighted by atomic mass is 10.0. The lowest BCUT2D eigenvalue weighted by Gasteiger charge is -2.19. The van der Waals surface area contributed by atoms with E-state index in [-0.39, 0.29) is 11.9 Å². The lowest BCUT2D eigenvalue weighted by Crippen LogP contribution is -2.49. The Labute approximate surface area is 118 Å². The van der Waals surface area contributed by atoms with Crippen LogP contribution in [0, 0.1) is 11.3 Å². The molecule has 8 nitrogen and oxygen atoms in total. The van der Waals surface area contributed by atoms with E-state index in [1.807, 2.05) is 13.8 Å². The number of carboxylic acid groups (broad SMARTS) is 1. The molecule has 8 heteroatoms. The molecule has 8 N–H and O–H groups in total. The van der Waals surface area contributed by atoms with Gasteiger partial charge < -0.3 is 27.2 Å². The Hall–Kier alpha value is -1.83. The van der Waals surface area contributed by atoms with E-state index in [4.69, 9.17) is 22.0 Å². The van der Waals surface area contributed by atoms with Crippen LogP contribution in [0.3, 0.4) is 0 Å². The fourth-order valence-electron chi connectivity index (χ4n) is 1.65. The van der Waals surface area contributed by atoms with Crippen molar-refractivity contribution in [2.45, 2.75) is 45.2 Å². The van der Waals surface area contributed by atoms with Crippen LogP contribution in [0.5, 0.6) is 0 Å². The van der Waals surface area contributed by atoms with Crippen LogP contribution >= 0.6 is 0 Å². The van der Waals surface area contributed by atoms with Crippen molar-refractivity contribution in [3.8, 4) is 0 Å². The number of nitrogens with two attached hydrogens (primary N) is 2. The summed E-state index contributed by atoms with van der Waals surface area (Å²) in [5, 5.41) is 21.0. The van der Waals surface area contributed by atoms with Crippen molar-refractivity contribution in [1.82, 2.24) is 10.6 Å². The first-order valence-corrected chi connectivity index (χ1v) is 6.60. The molecule has 116 valence electrons. The van der Waals surface area contributed by atoms with Crippen molar-refractivity contribution in [2.75, 3.05) is 6.54 Å². The van der Waals surface area contributed by atoms with Crippen molar-refractivity contribution in [1.29, 1.82) is 5.41 Å². The molecule has 0 rings (SSSR count). The standard InChI is InChI=1S/C12H25N5O3/c1-7(2)6-9(11(19)20)17-10(18)8(13)4-3-5-16-12(14)15/h7-9H,3-6,13H2,1-2H3,(H,17,18)(H,19,20)(H4,14,15,16)/t8-,9+/m0/s1. The maximum atomic E-state index is 11.8. The molecule has 1 amide bonds. The molecule has 0 spiro atoms. The Bertz CT molecular complexity index is 346. The average Bonchev–Trinajstić information content (AvgIpc) is 2.32. The van der Waals surface area contributed by atoms with Gasteiger partial charge in [-0.05, 0) is 25.2 Å². The van der Waals surface area contributed by atoms with Crippen LogP contribution < -0.4 is 22.1 Å². The van der Waals surface area contributed by atoms with Crippen molar-refractivity contribution < 1.29 is 14.7 Å². The van der Waals surface area contributed by atoms with Gasteiger partial charge in [0.2, 0.25) is 5.91 Å². The topological polar surface area (TPSA) is 154 Å². The van der Waals surface area contributed by atoms with Gasteiger partial charge in [-0.25, -0.2) is 4.79 Å². The zero-order valence-electron chi connectivity index (χ0n) is 12.0. The fourth-order valence-corrected chi connectivity index (χ4v) is 1.65. The van der Waals surface area contributed by atoms with Gasteiger partial charge >= 0.3 is 5.97 Å². The number of rotatable bonds is 9. The van der Waals surface area contributed by atoms with E-state index >= 15 is 0 Å². The third-order valence-electron chi connectivity index (χ3n) is 2.67. The second kappa shape index (κ2) is 9.13. The minimum atomic E-state index is -1.06. The number of hydrogen-bond donors (Lipinski definition) is 6. The summed E-state index contributed by atoms with van der Waals surface area (Å²) in [6, 6.07) is -1.68. The molecule has 0 heterocycles. The predicted octanol–water partition coefficient (Wildman–Crippen LogP) is -0.808. The van der Waals surface area contributed by atoms with Crippen LogP contribution in [-0.4, -0.2) is 41.6 Å². The summed E-state index contributed by atoms with van der Waals surface area (Å²) in [6.45, 7) is 4.22. The molecule has 0 radical (unpaired) electrons. The van der Waals surface area contributed by atoms with Gasteiger partial charge in [0.15, 0.2) is 5.96 Å². The molecule has 0 aromatic carbocycles. The number of carbonyl (C=O) groups excluding carboxylic acids is 1. The van der Waals surface area contributed by atoms with Gasteiger partial charge in [-0.3, -0.25) is 10.2 Å². The van der Waals surface area contributed by atoms with E-state index in [2.05, 4.69) is 10.6 Å². The van der Waals surface area contributed by atoms with Crippen LogP contribution in [0.4, 0.5) is 0 Å². The van der Waals surface area contributed by atoms with Crippen molar-refractivity contribution in [3.05, 3.63) is 0 Å². The zero-order valence-corrected chi connectivity index (χ0v) is 12.0. The number of carbonyl (C=O) groups is 2. The largest absolute Gasteiger partial charge is 0.480 e. The van der Waals surface area contributed by atoms with E-state index in [1.165, 1.54) is 0 Å². The second-order valence-electron chi connectivity index (χ2n) is 5.12. The van der Waals surface area contributed by atoms with Crippen molar-refractivity contribution in [3.63, 3.8) is 0 Å². The monoisotopic (exact) mass is 287 g/mol. The third kappa shape index (κ3) is 8.30. The summed E-state index contributed by atoms with van der Waals surface area (Å²) in [5.74, 6) is -1.50. The van der Waals surface area contributed by atoms with Gasteiger partial charge in [-0.15, -0.1) is 0 Å². The summed E-state index contributed by atoms with van der Waals surface area (Å²) in [6.07, 6.45) is 1.32. The highest BCUT2D eigenvalue weighted by Gasteiger charge is 2.23. The number of hydrogen-bond acceptors (Lipinski definition) is 4. The molecule has 0 saturated carbocycles. The zero-order chi connectivity index (χ0) is 15.7. The number of aliphatic carboxylic acids is 1. The molecule has 0 saturated heterocycles. The summed E-state index contributed by atoms with van der Waals surface area (Å²) in [7, 11) is 0. The first-order chi connectivity index (χ1) is 9.23. The smallest absolute Gasteiger partial charge is 0.326 e. The van der Waals surface area contributed by atoms with E-state index in [1.54, 1.807) is 0 Å². The number of nitrogens with one attached hydrogen (secondary N) is 3. The highest BCUT2D eigenvalue weighted by atomic mass is 16.4. The fraction of sp³-hybridized carbons (Fsp3) is 0.750. The molecule has 0 aliphatic rings. The summed E-state index contributed by atoms with van der Waals surface area (Å²) >= 11 is 0. The van der Waals surface area contributed by atoms with Gasteiger partial charge in [0.05, 0.1) is 6.04 Å². The maximum absolute atomic E-state index is 11.8. The van der Waals surface area contributed by atoms with Gasteiger partial charge in [0.25, 0.3) is 0 Å². The number of guanidine groups is 1. The number of amides is 1. The molecule has 20 heavy (non-hydrogen) atoms. The quantitative estimate of drug-likeness (QED) is 0.185. The molecule has 0 aliphatic heterocycles. The van der Waals surface area contributed by atoms with E-state index in [9.17, 15) is 9.59 Å². The molecule has 0 aromatic rings. The van der Waals surface area contributed by atoms with Crippen molar-refractivity contribution >= 4 is 17.8 Å². The van der Waals surface area contributed by atoms with Gasteiger partial charge in [-0.2, -0.15) is 0 Å². The highest BCUT2D eigenvalue weighted by molar-refractivity contribution is 5.86. The molecule has 0 bridgehead atoms. The first-order valence-electron chi connectivity index (χ1n) is 6.60. The van der Waals surface area contributed by atoms with Gasteiger partial charge in [0.1, 0.15) is 6.04 Å². The predicted molar refractivity (Wildman–Crippen MR) is 76.1 cm³/mol. The van der Waals surface area contributed by atoms with Crippen LogP contribution in [0.25, 0.3) is 0 Å². The Kier molecular flexibility index (Phi) is 8.30. The SMILES string of the molecule is CC(C)C[C@@H](NC(=O)[C@@H](N)CCCNC(=N)N)C(=O)O. The molecule has 0 unspecified atom stereocenters. The summed E-state index contributed by atoms with van der Waals surface area (Å²) < 4.78 is 0. The molecule has 0 fully saturated rings. The minimum absolute atomic E-state index is 0.133. The third-order valence-corrected chi connectivity index (χ3v) is 2.67. The summed E-state index contributed by atoms with van der Waals surface area (Å²) in [4.78, 5) is 22.8. The van der Waals surface area contributed by atoms with Gasteiger partial charge in [0, 0.05) is 6.54 Å². The summed E-state index contributed by atoms with van der Waals surface area (Å²) in [5.41, 5.74) is 10.8. The van der Waals surface area contributed by atoms with Crippen LogP contribution in [0.15, 0.2) is 0 Å². The Balaban J connectivity index is 4.15. The molecular weight excluding hydrogens is 262 g/mol. The normalized spacial score (nSPS) is 13.6. The second-order valence-corrected chi connectivity index (χ2v) is 5.12. The van der Waals surface area contributed by atoms with Crippen molar-refractivity contribution in [2.24, 2.45) is 17.4 Å². The number of carboxylic acids is 1. The molecule has 0 aromatic heterocycles. The Morgan fingerprint density at radius 1 is 1.35 bits per heavy atom. The molecule has 2 atom stereocenters. The average molecular weight is 287 g/mol. The van der Waals surface area contributed by atoms with E-state index in [0.717, 1.165) is 0 Å². The molecule has 0 aliphatic carbocycles. The Morgan fingerprint density at radius 2 is 1.95 bits per heavy atom. The maximum Gasteiger partial charge on any atom is 0.326 e. The minimum Gasteiger partial charge on any atom is -0.480 e. The van der Waals surface area contributed by atoms with Crippen LogP contribution in [-0.2, 0) is 9.59 Å². The van der Waals surface area contributed by atoms with E-state index < -0.39 is 24.0 Å². The Morgan fingerprint density at radius 3 is 2.40 bits per heavy atom. The van der Waals surface area contributed by atoms with Gasteiger partial charge in [-0.1, -0.05) is 13.8 Å². The van der Waals surface area contributed by atoms with Crippen LogP contribution in [0.1, 0.15) is 33.1 Å².